The third-order valence-corrected chi connectivity index (χ3v) is 3.70. The number of hydrogen-bond donors (Lipinski definition) is 1. The number of carboxylic acid groups (broad SMARTS) is 1. The molecular weight excluding hydrogens is 275 g/mol. The molecule has 1 fully saturated rings. The van der Waals surface area contributed by atoms with Crippen LogP contribution in [0.15, 0.2) is 17.1 Å². The average molecular weight is 290 g/mol. The number of halogens is 1. The summed E-state index contributed by atoms with van der Waals surface area (Å²) in [5, 5.41) is 9.17. The Morgan fingerprint density at radius 3 is 2.67 bits per heavy atom. The van der Waals surface area contributed by atoms with Gasteiger partial charge in [0, 0.05) is 12.2 Å². The highest BCUT2D eigenvalue weighted by atomic mass is 19.1. The quantitative estimate of drug-likeness (QED) is 0.943. The number of nitrogens with zero attached hydrogens (tertiary/aromatic N) is 2. The molecule has 2 aromatic rings. The van der Waals surface area contributed by atoms with Crippen molar-refractivity contribution >= 4 is 17.0 Å². The third-order valence-electron chi connectivity index (χ3n) is 3.70. The molecule has 2 aromatic heterocycles. The van der Waals surface area contributed by atoms with Crippen molar-refractivity contribution in [2.24, 2.45) is 0 Å². The number of aromatic nitrogens is 2. The summed E-state index contributed by atoms with van der Waals surface area (Å²) >= 11 is 0. The minimum atomic E-state index is -1.30. The number of aromatic carboxylic acids is 1. The number of fused-ring (bicyclic) bond motifs is 1. The van der Waals surface area contributed by atoms with Crippen LogP contribution >= 0.6 is 0 Å². The Hall–Kier alpha value is -2.24. The van der Waals surface area contributed by atoms with Crippen LogP contribution in [0.25, 0.3) is 11.0 Å². The van der Waals surface area contributed by atoms with Crippen LogP contribution in [0.5, 0.6) is 0 Å². The van der Waals surface area contributed by atoms with Crippen molar-refractivity contribution in [2.75, 3.05) is 0 Å². The first-order valence-corrected chi connectivity index (χ1v) is 6.88. The SMILES string of the molecule is CC(C)c1nc2c(cc1F)c(=O)c(C(=O)O)cn2C1CC1. The highest BCUT2D eigenvalue weighted by molar-refractivity contribution is 5.91. The molecular formula is C15H15FN2O3. The van der Waals surface area contributed by atoms with Crippen LogP contribution in [0.1, 0.15) is 54.7 Å². The summed E-state index contributed by atoms with van der Waals surface area (Å²) in [6.45, 7) is 3.64. The van der Waals surface area contributed by atoms with E-state index in [1.807, 2.05) is 13.8 Å². The molecule has 0 unspecified atom stereocenters. The van der Waals surface area contributed by atoms with E-state index in [-0.39, 0.29) is 22.9 Å². The molecule has 0 bridgehead atoms. The maximum Gasteiger partial charge on any atom is 0.341 e. The van der Waals surface area contributed by atoms with E-state index in [9.17, 15) is 14.0 Å². The molecule has 0 atom stereocenters. The Morgan fingerprint density at radius 1 is 1.48 bits per heavy atom. The van der Waals surface area contributed by atoms with Gasteiger partial charge in [-0.3, -0.25) is 4.79 Å². The zero-order chi connectivity index (χ0) is 15.3. The van der Waals surface area contributed by atoms with E-state index in [0.717, 1.165) is 18.9 Å². The first-order chi connectivity index (χ1) is 9.90. The minimum absolute atomic E-state index is 0.0312. The van der Waals surface area contributed by atoms with Gasteiger partial charge in [-0.2, -0.15) is 0 Å². The van der Waals surface area contributed by atoms with E-state index in [2.05, 4.69) is 4.98 Å². The van der Waals surface area contributed by atoms with Crippen molar-refractivity contribution in [1.29, 1.82) is 0 Å². The lowest BCUT2D eigenvalue weighted by atomic mass is 10.1. The smallest absolute Gasteiger partial charge is 0.341 e. The molecule has 6 heteroatoms. The summed E-state index contributed by atoms with van der Waals surface area (Å²) in [4.78, 5) is 27.7. The maximum absolute atomic E-state index is 14.1. The van der Waals surface area contributed by atoms with Crippen molar-refractivity contribution < 1.29 is 14.3 Å². The van der Waals surface area contributed by atoms with Gasteiger partial charge in [-0.25, -0.2) is 14.2 Å². The van der Waals surface area contributed by atoms with Crippen LogP contribution in [0.3, 0.4) is 0 Å². The monoisotopic (exact) mass is 290 g/mol. The Labute approximate surface area is 120 Å². The molecule has 0 amide bonds. The van der Waals surface area contributed by atoms with Crippen LogP contribution in [0.4, 0.5) is 4.39 Å². The Kier molecular flexibility index (Phi) is 3.04. The topological polar surface area (TPSA) is 72.2 Å². The molecule has 0 spiro atoms. The van der Waals surface area contributed by atoms with Gasteiger partial charge in [0.15, 0.2) is 0 Å². The molecule has 110 valence electrons. The Morgan fingerprint density at radius 2 is 2.14 bits per heavy atom. The maximum atomic E-state index is 14.1. The lowest BCUT2D eigenvalue weighted by Crippen LogP contribution is -2.20. The number of carboxylic acids is 1. The van der Waals surface area contributed by atoms with E-state index in [4.69, 9.17) is 5.11 Å². The van der Waals surface area contributed by atoms with Crippen molar-refractivity contribution in [3.8, 4) is 0 Å². The zero-order valence-electron chi connectivity index (χ0n) is 11.8. The zero-order valence-corrected chi connectivity index (χ0v) is 11.8. The second kappa shape index (κ2) is 4.65. The summed E-state index contributed by atoms with van der Waals surface area (Å²) in [6, 6.07) is 1.26. The van der Waals surface area contributed by atoms with Gasteiger partial charge in [-0.15, -0.1) is 0 Å². The first kappa shape index (κ1) is 13.7. The van der Waals surface area contributed by atoms with Crippen LogP contribution in [0.2, 0.25) is 0 Å². The van der Waals surface area contributed by atoms with E-state index in [1.165, 1.54) is 6.20 Å². The molecule has 2 heterocycles. The molecule has 1 N–H and O–H groups in total. The second-order valence-corrected chi connectivity index (χ2v) is 5.70. The normalized spacial score (nSPS) is 14.9. The molecule has 1 aliphatic rings. The number of rotatable bonds is 3. The number of carbonyl (C=O) groups is 1. The molecule has 5 nitrogen and oxygen atoms in total. The fourth-order valence-corrected chi connectivity index (χ4v) is 2.45. The van der Waals surface area contributed by atoms with Gasteiger partial charge in [-0.05, 0) is 24.8 Å². The largest absolute Gasteiger partial charge is 0.477 e. The van der Waals surface area contributed by atoms with E-state index < -0.39 is 17.2 Å². The van der Waals surface area contributed by atoms with Crippen molar-refractivity contribution in [3.05, 3.63) is 39.6 Å². The summed E-state index contributed by atoms with van der Waals surface area (Å²) < 4.78 is 15.8. The van der Waals surface area contributed by atoms with E-state index >= 15 is 0 Å². The fraction of sp³-hybridized carbons (Fsp3) is 0.400. The summed E-state index contributed by atoms with van der Waals surface area (Å²) in [7, 11) is 0. The number of hydrogen-bond acceptors (Lipinski definition) is 3. The van der Waals surface area contributed by atoms with Crippen molar-refractivity contribution in [2.45, 2.75) is 38.6 Å². The molecule has 0 saturated heterocycles. The van der Waals surface area contributed by atoms with Gasteiger partial charge in [0.05, 0.1) is 11.1 Å². The molecule has 21 heavy (non-hydrogen) atoms. The predicted octanol–water partition coefficient (Wildman–Crippen LogP) is 2.69. The van der Waals surface area contributed by atoms with Gasteiger partial charge in [0.1, 0.15) is 17.0 Å². The van der Waals surface area contributed by atoms with Crippen LogP contribution in [-0.2, 0) is 0 Å². The minimum Gasteiger partial charge on any atom is -0.477 e. The van der Waals surface area contributed by atoms with E-state index in [1.54, 1.807) is 4.57 Å². The molecule has 0 radical (unpaired) electrons. The first-order valence-electron chi connectivity index (χ1n) is 6.88. The molecule has 1 saturated carbocycles. The highest BCUT2D eigenvalue weighted by Crippen LogP contribution is 2.37. The number of pyridine rings is 2. The molecule has 0 aliphatic heterocycles. The van der Waals surface area contributed by atoms with Crippen LogP contribution in [0, 0.1) is 5.82 Å². The van der Waals surface area contributed by atoms with Crippen molar-refractivity contribution in [3.63, 3.8) is 0 Å². The summed E-state index contributed by atoms with van der Waals surface area (Å²) in [5.41, 5.74) is -0.360. The van der Waals surface area contributed by atoms with Gasteiger partial charge in [0.2, 0.25) is 5.43 Å². The standard InChI is InChI=1S/C15H15FN2O3/c1-7(2)12-11(16)5-9-13(19)10(15(20)21)6-18(8-3-4-8)14(9)17-12/h5-8H,3-4H2,1-2H3,(H,20,21). The molecule has 3 rings (SSSR count). The summed E-state index contributed by atoms with van der Waals surface area (Å²) in [6.07, 6.45) is 3.15. The Balaban J connectivity index is 2.41. The lowest BCUT2D eigenvalue weighted by molar-refractivity contribution is 0.0695. The summed E-state index contributed by atoms with van der Waals surface area (Å²) in [5.74, 6) is -1.99. The van der Waals surface area contributed by atoms with Crippen molar-refractivity contribution in [1.82, 2.24) is 9.55 Å². The van der Waals surface area contributed by atoms with Gasteiger partial charge in [-0.1, -0.05) is 13.8 Å². The van der Waals surface area contributed by atoms with Crippen LogP contribution < -0.4 is 5.43 Å². The second-order valence-electron chi connectivity index (χ2n) is 5.70. The average Bonchev–Trinajstić information content (AvgIpc) is 3.22. The third kappa shape index (κ3) is 2.20. The highest BCUT2D eigenvalue weighted by Gasteiger charge is 2.28. The molecule has 0 aromatic carbocycles. The Bertz CT molecular complexity index is 807. The lowest BCUT2D eigenvalue weighted by Gasteiger charge is -2.13. The van der Waals surface area contributed by atoms with Crippen LogP contribution in [-0.4, -0.2) is 20.6 Å². The fourth-order valence-electron chi connectivity index (χ4n) is 2.45. The predicted molar refractivity (Wildman–Crippen MR) is 75.3 cm³/mol. The van der Waals surface area contributed by atoms with Gasteiger partial charge >= 0.3 is 5.97 Å². The van der Waals surface area contributed by atoms with E-state index in [0.29, 0.717) is 11.3 Å². The van der Waals surface area contributed by atoms with Gasteiger partial charge < -0.3 is 9.67 Å². The van der Waals surface area contributed by atoms with Gasteiger partial charge in [0.25, 0.3) is 0 Å². The molecule has 1 aliphatic carbocycles.